The third-order valence-electron chi connectivity index (χ3n) is 4.43. The molecule has 0 atom stereocenters. The summed E-state index contributed by atoms with van der Waals surface area (Å²) >= 11 is 3.38. The van der Waals surface area contributed by atoms with Gasteiger partial charge < -0.3 is 14.2 Å². The molecule has 160 valence electrons. The lowest BCUT2D eigenvalue weighted by Gasteiger charge is -2.09. The van der Waals surface area contributed by atoms with Crippen molar-refractivity contribution in [2.75, 3.05) is 13.2 Å². The largest absolute Gasteiger partial charge is 0.493 e. The van der Waals surface area contributed by atoms with Crippen molar-refractivity contribution in [3.8, 4) is 11.5 Å². The number of ether oxygens (including phenoxy) is 3. The zero-order valence-corrected chi connectivity index (χ0v) is 18.8. The quantitative estimate of drug-likeness (QED) is 0.217. The average Bonchev–Trinajstić information content (AvgIpc) is 2.79. The molecule has 0 aromatic heterocycles. The van der Waals surface area contributed by atoms with Crippen LogP contribution in [0.5, 0.6) is 11.5 Å². The Labute approximate surface area is 190 Å². The molecule has 0 heterocycles. The molecule has 0 aliphatic rings. The van der Waals surface area contributed by atoms with Crippen molar-refractivity contribution in [3.05, 3.63) is 94.0 Å². The second-order valence-corrected chi connectivity index (χ2v) is 7.57. The first-order valence-corrected chi connectivity index (χ1v) is 10.8. The fraction of sp³-hybridized carbons (Fsp3) is 0.200. The summed E-state index contributed by atoms with van der Waals surface area (Å²) in [4.78, 5) is 24.8. The summed E-state index contributed by atoms with van der Waals surface area (Å²) in [6, 6.07) is 21.4. The maximum Gasteiger partial charge on any atom is 0.343 e. The van der Waals surface area contributed by atoms with E-state index in [9.17, 15) is 9.59 Å². The number of aryl methyl sites for hydroxylation is 1. The first-order chi connectivity index (χ1) is 15.1. The lowest BCUT2D eigenvalue weighted by Crippen LogP contribution is -2.10. The van der Waals surface area contributed by atoms with E-state index in [0.717, 1.165) is 12.8 Å². The Morgan fingerprint density at radius 3 is 2.39 bits per heavy atom. The van der Waals surface area contributed by atoms with Crippen molar-refractivity contribution >= 4 is 27.9 Å². The second kappa shape index (κ2) is 11.3. The smallest absolute Gasteiger partial charge is 0.343 e. The van der Waals surface area contributed by atoms with Crippen LogP contribution in [0.3, 0.4) is 0 Å². The van der Waals surface area contributed by atoms with E-state index in [2.05, 4.69) is 15.9 Å². The summed E-state index contributed by atoms with van der Waals surface area (Å²) < 4.78 is 16.9. The van der Waals surface area contributed by atoms with Crippen molar-refractivity contribution in [3.63, 3.8) is 0 Å². The van der Waals surface area contributed by atoms with Crippen LogP contribution in [0.15, 0.2) is 77.3 Å². The third kappa shape index (κ3) is 6.69. The Bertz CT molecular complexity index is 1030. The van der Waals surface area contributed by atoms with Crippen LogP contribution in [0.4, 0.5) is 0 Å². The van der Waals surface area contributed by atoms with Gasteiger partial charge in [-0.2, -0.15) is 0 Å². The van der Waals surface area contributed by atoms with Crippen LogP contribution in [0, 0.1) is 0 Å². The second-order valence-electron chi connectivity index (χ2n) is 6.72. The molecule has 0 aliphatic carbocycles. The minimum absolute atomic E-state index is 0.272. The molecule has 6 heteroatoms. The molecule has 3 rings (SSSR count). The number of esters is 2. The fourth-order valence-corrected chi connectivity index (χ4v) is 3.42. The van der Waals surface area contributed by atoms with Gasteiger partial charge in [0.05, 0.1) is 28.8 Å². The topological polar surface area (TPSA) is 61.8 Å². The molecule has 0 N–H and O–H groups in total. The molecule has 3 aromatic rings. The van der Waals surface area contributed by atoms with E-state index < -0.39 is 11.9 Å². The predicted octanol–water partition coefficient (Wildman–Crippen LogP) is 5.86. The minimum Gasteiger partial charge on any atom is -0.493 e. The van der Waals surface area contributed by atoms with E-state index in [1.165, 1.54) is 11.6 Å². The first-order valence-electron chi connectivity index (χ1n) is 10.0. The monoisotopic (exact) mass is 482 g/mol. The van der Waals surface area contributed by atoms with Crippen LogP contribution in [-0.4, -0.2) is 25.2 Å². The Morgan fingerprint density at radius 2 is 1.65 bits per heavy atom. The van der Waals surface area contributed by atoms with E-state index in [-0.39, 0.29) is 5.75 Å². The number of hydrogen-bond donors (Lipinski definition) is 0. The Balaban J connectivity index is 1.55. The Morgan fingerprint density at radius 1 is 0.871 bits per heavy atom. The number of rotatable bonds is 9. The minimum atomic E-state index is -0.530. The highest BCUT2D eigenvalue weighted by atomic mass is 79.9. The molecule has 0 aliphatic heterocycles. The maximum atomic E-state index is 12.5. The van der Waals surface area contributed by atoms with Crippen LogP contribution >= 0.6 is 15.9 Å². The zero-order chi connectivity index (χ0) is 22.1. The normalized spacial score (nSPS) is 10.4. The van der Waals surface area contributed by atoms with Gasteiger partial charge in [-0.3, -0.25) is 0 Å². The SMILES string of the molecule is CCOc1ccc(C(=O)Oc2cccc(C(=O)OCCCc3ccccc3)c2)cc1Br. The third-order valence-corrected chi connectivity index (χ3v) is 5.05. The van der Waals surface area contributed by atoms with Gasteiger partial charge in [0, 0.05) is 0 Å². The number of carbonyl (C=O) groups excluding carboxylic acids is 2. The van der Waals surface area contributed by atoms with Gasteiger partial charge in [0.2, 0.25) is 0 Å². The van der Waals surface area contributed by atoms with Crippen LogP contribution in [0.25, 0.3) is 0 Å². The van der Waals surface area contributed by atoms with Crippen molar-refractivity contribution in [2.45, 2.75) is 19.8 Å². The van der Waals surface area contributed by atoms with Crippen molar-refractivity contribution in [1.29, 1.82) is 0 Å². The summed E-state index contributed by atoms with van der Waals surface area (Å²) in [5.74, 6) is -0.0586. The van der Waals surface area contributed by atoms with Gasteiger partial charge in [-0.15, -0.1) is 0 Å². The first kappa shape index (κ1) is 22.6. The van der Waals surface area contributed by atoms with Crippen molar-refractivity contribution < 1.29 is 23.8 Å². The van der Waals surface area contributed by atoms with Gasteiger partial charge in [-0.1, -0.05) is 36.4 Å². The van der Waals surface area contributed by atoms with Crippen molar-refractivity contribution in [1.82, 2.24) is 0 Å². The van der Waals surface area contributed by atoms with E-state index in [1.54, 1.807) is 36.4 Å². The molecule has 0 saturated heterocycles. The van der Waals surface area contributed by atoms with Gasteiger partial charge in [0.1, 0.15) is 11.5 Å². The molecule has 5 nitrogen and oxygen atoms in total. The summed E-state index contributed by atoms with van der Waals surface area (Å²) in [6.07, 6.45) is 1.57. The van der Waals surface area contributed by atoms with Gasteiger partial charge in [-0.05, 0) is 77.7 Å². The molecule has 0 amide bonds. The van der Waals surface area contributed by atoms with Gasteiger partial charge in [0.15, 0.2) is 0 Å². The highest BCUT2D eigenvalue weighted by Crippen LogP contribution is 2.26. The van der Waals surface area contributed by atoms with Crippen LogP contribution in [-0.2, 0) is 11.2 Å². The van der Waals surface area contributed by atoms with Gasteiger partial charge >= 0.3 is 11.9 Å². The molecule has 31 heavy (non-hydrogen) atoms. The number of carbonyl (C=O) groups is 2. The standard InChI is InChI=1S/C25H23BrO5/c1-2-29-23-14-13-20(17-22(23)26)25(28)31-21-12-6-11-19(16-21)24(27)30-15-7-10-18-8-4-3-5-9-18/h3-6,8-9,11-14,16-17H,2,7,10,15H2,1H3. The zero-order valence-electron chi connectivity index (χ0n) is 17.2. The van der Waals surface area contributed by atoms with Crippen molar-refractivity contribution in [2.24, 2.45) is 0 Å². The maximum absolute atomic E-state index is 12.5. The highest BCUT2D eigenvalue weighted by Gasteiger charge is 2.14. The van der Waals surface area contributed by atoms with Crippen LogP contribution in [0.2, 0.25) is 0 Å². The van der Waals surface area contributed by atoms with Gasteiger partial charge in [0.25, 0.3) is 0 Å². The van der Waals surface area contributed by atoms with E-state index in [4.69, 9.17) is 14.2 Å². The molecule has 0 spiro atoms. The fourth-order valence-electron chi connectivity index (χ4n) is 2.92. The highest BCUT2D eigenvalue weighted by molar-refractivity contribution is 9.10. The summed E-state index contributed by atoms with van der Waals surface area (Å²) in [5, 5.41) is 0. The molecular formula is C25H23BrO5. The van der Waals surface area contributed by atoms with Crippen LogP contribution in [0.1, 0.15) is 39.6 Å². The number of hydrogen-bond acceptors (Lipinski definition) is 5. The van der Waals surface area contributed by atoms with E-state index in [1.807, 2.05) is 37.3 Å². The van der Waals surface area contributed by atoms with Gasteiger partial charge in [-0.25, -0.2) is 9.59 Å². The lowest BCUT2D eigenvalue weighted by atomic mass is 10.1. The van der Waals surface area contributed by atoms with E-state index >= 15 is 0 Å². The number of halogens is 1. The molecule has 0 fully saturated rings. The molecule has 0 saturated carbocycles. The molecule has 0 bridgehead atoms. The summed E-state index contributed by atoms with van der Waals surface area (Å²) in [5.41, 5.74) is 1.90. The summed E-state index contributed by atoms with van der Waals surface area (Å²) in [6.45, 7) is 2.73. The number of benzene rings is 3. The molecule has 3 aromatic carbocycles. The molecular weight excluding hydrogens is 460 g/mol. The molecule has 0 radical (unpaired) electrons. The van der Waals surface area contributed by atoms with E-state index in [0.29, 0.717) is 34.6 Å². The van der Waals surface area contributed by atoms with Crippen LogP contribution < -0.4 is 9.47 Å². The predicted molar refractivity (Wildman–Crippen MR) is 122 cm³/mol. The summed E-state index contributed by atoms with van der Waals surface area (Å²) in [7, 11) is 0. The average molecular weight is 483 g/mol. The molecule has 0 unspecified atom stereocenters. The Kier molecular flexibility index (Phi) is 8.24. The Hall–Kier alpha value is -3.12. The lowest BCUT2D eigenvalue weighted by molar-refractivity contribution is 0.0498.